The molecule has 33 heavy (non-hydrogen) atoms. The number of thiazole rings is 1. The van der Waals surface area contributed by atoms with Crippen LogP contribution in [0.5, 0.6) is 0 Å². The Morgan fingerprint density at radius 3 is 2.61 bits per heavy atom. The van der Waals surface area contributed by atoms with E-state index in [1.807, 2.05) is 0 Å². The van der Waals surface area contributed by atoms with Crippen LogP contribution in [0.4, 0.5) is 24.0 Å². The van der Waals surface area contributed by atoms with E-state index in [1.54, 1.807) is 19.0 Å². The number of nitrogens with zero attached hydrogens (tertiary/aromatic N) is 4. The number of aromatic nitrogens is 1. The van der Waals surface area contributed by atoms with Crippen molar-refractivity contribution in [1.82, 2.24) is 9.88 Å². The molecule has 176 valence electrons. The maximum atomic E-state index is 15.6. The summed E-state index contributed by atoms with van der Waals surface area (Å²) < 4.78 is 75.8. The zero-order valence-electron chi connectivity index (χ0n) is 17.6. The Bertz CT molecular complexity index is 1300. The molecule has 0 fully saturated rings. The lowest BCUT2D eigenvalue weighted by Gasteiger charge is -2.24. The van der Waals surface area contributed by atoms with Crippen molar-refractivity contribution in [3.05, 3.63) is 57.6 Å². The zero-order chi connectivity index (χ0) is 24.3. The van der Waals surface area contributed by atoms with E-state index in [0.29, 0.717) is 25.4 Å². The second-order valence-electron chi connectivity index (χ2n) is 6.81. The quantitative estimate of drug-likeness (QED) is 0.219. The van der Waals surface area contributed by atoms with Crippen LogP contribution in [0.1, 0.15) is 0 Å². The third kappa shape index (κ3) is 5.37. The summed E-state index contributed by atoms with van der Waals surface area (Å²) in [5, 5.41) is 0.346. The van der Waals surface area contributed by atoms with Crippen LogP contribution >= 0.6 is 27.3 Å². The van der Waals surface area contributed by atoms with Gasteiger partial charge in [-0.15, -0.1) is 0 Å². The Morgan fingerprint density at radius 2 is 1.94 bits per heavy atom. The second-order valence-corrected chi connectivity index (χ2v) is 10.9. The van der Waals surface area contributed by atoms with Gasteiger partial charge in [-0.05, 0) is 46.3 Å². The zero-order valence-corrected chi connectivity index (χ0v) is 20.8. The molecule has 3 rings (SSSR count). The predicted molar refractivity (Wildman–Crippen MR) is 125 cm³/mol. The highest BCUT2D eigenvalue weighted by Gasteiger charge is 2.31. The number of ether oxygens (including phenoxy) is 1. The predicted octanol–water partition coefficient (Wildman–Crippen LogP) is 5.01. The molecule has 0 aliphatic heterocycles. The van der Waals surface area contributed by atoms with Crippen LogP contribution in [-0.4, -0.2) is 52.6 Å². The van der Waals surface area contributed by atoms with Crippen LogP contribution in [0.3, 0.4) is 0 Å². The molecule has 1 aromatic heterocycles. The third-order valence-electron chi connectivity index (χ3n) is 4.18. The molecule has 0 N–H and O–H groups in total. The Hall–Kier alpha value is -2.48. The van der Waals surface area contributed by atoms with E-state index < -0.39 is 44.8 Å². The molecule has 0 amide bonds. The fourth-order valence-corrected chi connectivity index (χ4v) is 5.60. The third-order valence-corrected chi connectivity index (χ3v) is 7.55. The SMILES string of the molecule is COCN(c1cccc(-c2nc(/N=C/N(C)C)sc2Br)c1F)S(=O)(=O)c1cc(F)ccc1F. The second kappa shape index (κ2) is 10.2. The largest absolute Gasteiger partial charge is 0.369 e. The van der Waals surface area contributed by atoms with Gasteiger partial charge in [-0.2, -0.15) is 0 Å². The van der Waals surface area contributed by atoms with Crippen LogP contribution in [0.15, 0.2) is 50.1 Å². The lowest BCUT2D eigenvalue weighted by atomic mass is 10.1. The fraction of sp³-hybridized carbons (Fsp3) is 0.200. The summed E-state index contributed by atoms with van der Waals surface area (Å²) in [6.45, 7) is -0.644. The van der Waals surface area contributed by atoms with Gasteiger partial charge in [-0.3, -0.25) is 0 Å². The standard InChI is InChI=1S/C20H18BrF3N4O3S2/c1-27(2)10-25-20-26-18(19(21)32-20)13-5-4-6-15(17(13)24)28(11-31-3)33(29,30)16-9-12(22)7-8-14(16)23/h4-10H,11H2,1-3H3/b25-10+. The van der Waals surface area contributed by atoms with Crippen molar-refractivity contribution in [3.63, 3.8) is 0 Å². The van der Waals surface area contributed by atoms with Crippen molar-refractivity contribution in [3.8, 4) is 11.3 Å². The Balaban J connectivity index is 2.13. The Morgan fingerprint density at radius 1 is 1.21 bits per heavy atom. The highest BCUT2D eigenvalue weighted by molar-refractivity contribution is 9.11. The van der Waals surface area contributed by atoms with Crippen LogP contribution in [0.25, 0.3) is 11.3 Å². The van der Waals surface area contributed by atoms with Crippen molar-refractivity contribution in [1.29, 1.82) is 0 Å². The maximum Gasteiger partial charge on any atom is 0.269 e. The smallest absolute Gasteiger partial charge is 0.269 e. The lowest BCUT2D eigenvalue weighted by molar-refractivity contribution is 0.209. The van der Waals surface area contributed by atoms with Gasteiger partial charge in [0.15, 0.2) is 5.82 Å². The van der Waals surface area contributed by atoms with Gasteiger partial charge in [-0.25, -0.2) is 35.9 Å². The lowest BCUT2D eigenvalue weighted by Crippen LogP contribution is -2.34. The minimum atomic E-state index is -4.72. The fourth-order valence-electron chi connectivity index (χ4n) is 2.75. The van der Waals surface area contributed by atoms with Crippen molar-refractivity contribution >= 4 is 54.4 Å². The van der Waals surface area contributed by atoms with E-state index in [9.17, 15) is 17.2 Å². The summed E-state index contributed by atoms with van der Waals surface area (Å²) in [7, 11) is 0.0340. The van der Waals surface area contributed by atoms with E-state index in [0.717, 1.165) is 17.4 Å². The number of hydrogen-bond donors (Lipinski definition) is 0. The van der Waals surface area contributed by atoms with E-state index in [2.05, 4.69) is 25.9 Å². The molecular weight excluding hydrogens is 545 g/mol. The van der Waals surface area contributed by atoms with Gasteiger partial charge in [0.05, 0.1) is 15.8 Å². The summed E-state index contributed by atoms with van der Waals surface area (Å²) in [4.78, 5) is 9.24. The topological polar surface area (TPSA) is 75.1 Å². The van der Waals surface area contributed by atoms with Crippen molar-refractivity contribution in [2.45, 2.75) is 4.90 Å². The number of benzene rings is 2. The number of aliphatic imine (C=N–C) groups is 1. The molecule has 0 aliphatic carbocycles. The van der Waals surface area contributed by atoms with Gasteiger partial charge in [0, 0.05) is 26.8 Å². The Kier molecular flexibility index (Phi) is 7.77. The van der Waals surface area contributed by atoms with E-state index in [4.69, 9.17) is 4.74 Å². The molecule has 0 bridgehead atoms. The molecule has 2 aromatic carbocycles. The Labute approximate surface area is 201 Å². The first-order valence-electron chi connectivity index (χ1n) is 9.18. The van der Waals surface area contributed by atoms with Gasteiger partial charge >= 0.3 is 0 Å². The van der Waals surface area contributed by atoms with Gasteiger partial charge in [0.25, 0.3) is 10.0 Å². The van der Waals surface area contributed by atoms with Crippen LogP contribution in [0, 0.1) is 17.5 Å². The first kappa shape index (κ1) is 25.1. The maximum absolute atomic E-state index is 15.6. The van der Waals surface area contributed by atoms with Gasteiger partial charge in [0.1, 0.15) is 29.0 Å². The number of sulfonamides is 1. The number of methoxy groups -OCH3 is 1. The minimum absolute atomic E-state index is 0.0158. The summed E-state index contributed by atoms with van der Waals surface area (Å²) in [6, 6.07) is 6.02. The van der Waals surface area contributed by atoms with Crippen LogP contribution in [0.2, 0.25) is 0 Å². The molecule has 0 radical (unpaired) electrons. The number of halogens is 4. The van der Waals surface area contributed by atoms with Crippen LogP contribution in [-0.2, 0) is 14.8 Å². The van der Waals surface area contributed by atoms with Gasteiger partial charge in [0.2, 0.25) is 5.13 Å². The van der Waals surface area contributed by atoms with Gasteiger partial charge in [-0.1, -0.05) is 17.4 Å². The molecule has 0 saturated carbocycles. The molecule has 3 aromatic rings. The van der Waals surface area contributed by atoms with E-state index >= 15 is 4.39 Å². The molecule has 0 aliphatic rings. The summed E-state index contributed by atoms with van der Waals surface area (Å²) >= 11 is 4.49. The van der Waals surface area contributed by atoms with Crippen LogP contribution < -0.4 is 4.31 Å². The summed E-state index contributed by atoms with van der Waals surface area (Å²) in [6.07, 6.45) is 1.53. The van der Waals surface area contributed by atoms with Crippen molar-refractivity contribution in [2.75, 3.05) is 32.2 Å². The number of hydrogen-bond acceptors (Lipinski definition) is 6. The highest BCUT2D eigenvalue weighted by atomic mass is 79.9. The highest BCUT2D eigenvalue weighted by Crippen LogP contribution is 2.40. The van der Waals surface area contributed by atoms with Gasteiger partial charge < -0.3 is 9.64 Å². The van der Waals surface area contributed by atoms with Crippen molar-refractivity contribution in [2.24, 2.45) is 4.99 Å². The molecular formula is C20H18BrF3N4O3S2. The normalized spacial score (nSPS) is 11.8. The average molecular weight is 563 g/mol. The molecule has 0 spiro atoms. The number of anilines is 1. The molecule has 13 heteroatoms. The van der Waals surface area contributed by atoms with E-state index in [1.165, 1.54) is 31.6 Å². The molecule has 7 nitrogen and oxygen atoms in total. The first-order valence-corrected chi connectivity index (χ1v) is 12.2. The average Bonchev–Trinajstić information content (AvgIpc) is 3.13. The summed E-state index contributed by atoms with van der Waals surface area (Å²) in [5.74, 6) is -3.08. The van der Waals surface area contributed by atoms with E-state index in [-0.39, 0.29) is 11.3 Å². The summed E-state index contributed by atoms with van der Waals surface area (Å²) in [5.41, 5.74) is -0.230. The minimum Gasteiger partial charge on any atom is -0.369 e. The molecule has 0 saturated heterocycles. The molecule has 0 unspecified atom stereocenters. The number of rotatable bonds is 8. The monoisotopic (exact) mass is 562 g/mol. The molecule has 0 atom stereocenters. The van der Waals surface area contributed by atoms with Crippen molar-refractivity contribution < 1.29 is 26.3 Å². The first-order chi connectivity index (χ1) is 15.6. The molecule has 1 heterocycles.